The summed E-state index contributed by atoms with van der Waals surface area (Å²) < 4.78 is 5.41. The first-order valence-electron chi connectivity index (χ1n) is 8.45. The lowest BCUT2D eigenvalue weighted by molar-refractivity contribution is 0.0487. The molecule has 1 saturated heterocycles. The van der Waals surface area contributed by atoms with Gasteiger partial charge in [0.2, 0.25) is 0 Å². The van der Waals surface area contributed by atoms with Crippen LogP contribution < -0.4 is 10.6 Å². The summed E-state index contributed by atoms with van der Waals surface area (Å²) in [6, 6.07) is -0.0328. The van der Waals surface area contributed by atoms with Gasteiger partial charge < -0.3 is 20.4 Å². The fourth-order valence-corrected chi connectivity index (χ4v) is 3.59. The van der Waals surface area contributed by atoms with Gasteiger partial charge in [-0.1, -0.05) is 11.6 Å². The molecule has 3 rings (SSSR count). The molecule has 25 heavy (non-hydrogen) atoms. The third kappa shape index (κ3) is 3.88. The van der Waals surface area contributed by atoms with Gasteiger partial charge in [0.25, 0.3) is 0 Å². The first-order valence-corrected chi connectivity index (χ1v) is 8.83. The molecule has 2 atom stereocenters. The average Bonchev–Trinajstić information content (AvgIpc) is 2.84. The number of nitrogens with one attached hydrogen (secondary N) is 3. The van der Waals surface area contributed by atoms with Crippen molar-refractivity contribution >= 4 is 28.7 Å². The van der Waals surface area contributed by atoms with Crippen LogP contribution in [0.5, 0.6) is 0 Å². The largest absolute Gasteiger partial charge is 0.444 e. The van der Waals surface area contributed by atoms with E-state index in [9.17, 15) is 4.79 Å². The summed E-state index contributed by atoms with van der Waals surface area (Å²) >= 11 is 6.23. The number of amides is 1. The average molecular weight is 366 g/mol. The number of alkyl carbamates (subject to hydrolysis) is 1. The van der Waals surface area contributed by atoms with E-state index in [1.54, 1.807) is 0 Å². The Morgan fingerprint density at radius 2 is 2.16 bits per heavy atom. The number of nitrogens with zero attached hydrogens (tertiary/aromatic N) is 2. The van der Waals surface area contributed by atoms with Crippen molar-refractivity contribution in [1.29, 1.82) is 0 Å². The second-order valence-corrected chi connectivity index (χ2v) is 7.76. The highest BCUT2D eigenvalue weighted by atomic mass is 35.5. The van der Waals surface area contributed by atoms with Gasteiger partial charge in [0, 0.05) is 24.2 Å². The number of carbonyl (C=O) groups excluding carboxylic acids is 1. The quantitative estimate of drug-likeness (QED) is 0.712. The van der Waals surface area contributed by atoms with Crippen molar-refractivity contribution in [3.05, 3.63) is 22.7 Å². The topological polar surface area (TPSA) is 91.9 Å². The van der Waals surface area contributed by atoms with Crippen molar-refractivity contribution < 1.29 is 9.53 Å². The van der Waals surface area contributed by atoms with Gasteiger partial charge in [0.1, 0.15) is 22.7 Å². The van der Waals surface area contributed by atoms with Crippen molar-refractivity contribution in [3.63, 3.8) is 0 Å². The molecule has 2 aromatic heterocycles. The SMILES string of the molecule is Cc1c(C2CNCCC2NC(=O)OC(C)(C)C)[nH]c2ncnc(Cl)c12. The molecule has 0 spiro atoms. The maximum absolute atomic E-state index is 12.2. The summed E-state index contributed by atoms with van der Waals surface area (Å²) in [7, 11) is 0. The van der Waals surface area contributed by atoms with Gasteiger partial charge in [-0.05, 0) is 46.2 Å². The number of fused-ring (bicyclic) bond motifs is 1. The standard InChI is InChI=1S/C17H24ClN5O2/c1-9-12-14(18)20-8-21-15(12)23-13(9)10-7-19-6-5-11(10)22-16(24)25-17(2,3)4/h8,10-11,19H,5-7H2,1-4H3,(H,22,24)(H,20,21,23). The summed E-state index contributed by atoms with van der Waals surface area (Å²) in [6.07, 6.45) is 1.87. The minimum atomic E-state index is -0.521. The summed E-state index contributed by atoms with van der Waals surface area (Å²) in [5.74, 6) is 0.0755. The number of H-pyrrole nitrogens is 1. The molecule has 0 radical (unpaired) electrons. The van der Waals surface area contributed by atoms with Crippen molar-refractivity contribution in [2.24, 2.45) is 0 Å². The molecule has 1 aliphatic rings. The van der Waals surface area contributed by atoms with E-state index in [4.69, 9.17) is 16.3 Å². The van der Waals surface area contributed by atoms with Crippen LogP contribution in [0.1, 0.15) is 44.4 Å². The van der Waals surface area contributed by atoms with Gasteiger partial charge >= 0.3 is 6.09 Å². The van der Waals surface area contributed by atoms with Crippen LogP contribution in [0.2, 0.25) is 5.15 Å². The number of halogens is 1. The molecule has 8 heteroatoms. The summed E-state index contributed by atoms with van der Waals surface area (Å²) in [5, 5.41) is 7.68. The van der Waals surface area contributed by atoms with E-state index >= 15 is 0 Å². The molecule has 1 aliphatic heterocycles. The predicted molar refractivity (Wildman–Crippen MR) is 97.0 cm³/mol. The predicted octanol–water partition coefficient (Wildman–Crippen LogP) is 2.89. The maximum atomic E-state index is 12.2. The zero-order valence-corrected chi connectivity index (χ0v) is 15.7. The van der Waals surface area contributed by atoms with Crippen LogP contribution in [-0.4, -0.2) is 45.8 Å². The van der Waals surface area contributed by atoms with Gasteiger partial charge in [0.05, 0.1) is 5.39 Å². The smallest absolute Gasteiger partial charge is 0.407 e. The molecular weight excluding hydrogens is 342 g/mol. The van der Waals surface area contributed by atoms with Crippen LogP contribution in [0, 0.1) is 6.92 Å². The highest BCUT2D eigenvalue weighted by molar-refractivity contribution is 6.34. The number of aryl methyl sites for hydroxylation is 1. The fraction of sp³-hybridized carbons (Fsp3) is 0.588. The van der Waals surface area contributed by atoms with Gasteiger partial charge in [-0.3, -0.25) is 0 Å². The van der Waals surface area contributed by atoms with E-state index < -0.39 is 11.7 Å². The molecule has 3 heterocycles. The number of piperidine rings is 1. The maximum Gasteiger partial charge on any atom is 0.407 e. The molecule has 0 saturated carbocycles. The molecule has 0 aliphatic carbocycles. The first kappa shape index (κ1) is 17.9. The number of aromatic nitrogens is 3. The molecule has 0 bridgehead atoms. The molecule has 7 nitrogen and oxygen atoms in total. The van der Waals surface area contributed by atoms with E-state index in [0.717, 1.165) is 36.2 Å². The summed E-state index contributed by atoms with van der Waals surface area (Å²) in [4.78, 5) is 23.9. The van der Waals surface area contributed by atoms with Crippen LogP contribution in [0.25, 0.3) is 11.0 Å². The normalized spacial score (nSPS) is 21.3. The summed E-state index contributed by atoms with van der Waals surface area (Å²) in [5.41, 5.74) is 2.23. The highest BCUT2D eigenvalue weighted by Crippen LogP contribution is 2.32. The van der Waals surface area contributed by atoms with Crippen molar-refractivity contribution in [1.82, 2.24) is 25.6 Å². The lowest BCUT2D eigenvalue weighted by Gasteiger charge is -2.33. The Kier molecular flexibility index (Phi) is 4.88. The Bertz CT molecular complexity index is 783. The lowest BCUT2D eigenvalue weighted by atomic mass is 9.88. The van der Waals surface area contributed by atoms with Crippen LogP contribution >= 0.6 is 11.6 Å². The van der Waals surface area contributed by atoms with Gasteiger partial charge in [-0.2, -0.15) is 0 Å². The fourth-order valence-electron chi connectivity index (χ4n) is 3.31. The Hall–Kier alpha value is -1.86. The van der Waals surface area contributed by atoms with Crippen molar-refractivity contribution in [2.45, 2.75) is 51.7 Å². The Balaban J connectivity index is 1.88. The van der Waals surface area contributed by atoms with Crippen LogP contribution in [0.15, 0.2) is 6.33 Å². The Morgan fingerprint density at radius 3 is 2.84 bits per heavy atom. The zero-order valence-electron chi connectivity index (χ0n) is 14.9. The first-order chi connectivity index (χ1) is 11.8. The molecule has 0 aromatic carbocycles. The number of carbonyl (C=O) groups is 1. The van der Waals surface area contributed by atoms with Crippen LogP contribution in [0.3, 0.4) is 0 Å². The zero-order chi connectivity index (χ0) is 18.2. The van der Waals surface area contributed by atoms with Gasteiger partial charge in [-0.15, -0.1) is 0 Å². The number of hydrogen-bond acceptors (Lipinski definition) is 5. The molecule has 1 fully saturated rings. The summed E-state index contributed by atoms with van der Waals surface area (Å²) in [6.45, 7) is 9.16. The minimum absolute atomic E-state index is 0.0328. The lowest BCUT2D eigenvalue weighted by Crippen LogP contribution is -2.49. The Morgan fingerprint density at radius 1 is 1.40 bits per heavy atom. The van der Waals surface area contributed by atoms with E-state index in [2.05, 4.69) is 25.6 Å². The third-order valence-electron chi connectivity index (χ3n) is 4.39. The number of aromatic amines is 1. The minimum Gasteiger partial charge on any atom is -0.444 e. The molecule has 1 amide bonds. The number of hydrogen-bond donors (Lipinski definition) is 3. The van der Waals surface area contributed by atoms with Crippen molar-refractivity contribution in [2.75, 3.05) is 13.1 Å². The van der Waals surface area contributed by atoms with E-state index in [1.807, 2.05) is 27.7 Å². The second-order valence-electron chi connectivity index (χ2n) is 7.40. The molecule has 2 aromatic rings. The molecule has 136 valence electrons. The van der Waals surface area contributed by atoms with E-state index in [-0.39, 0.29) is 12.0 Å². The highest BCUT2D eigenvalue weighted by Gasteiger charge is 2.32. The van der Waals surface area contributed by atoms with Crippen LogP contribution in [0.4, 0.5) is 4.79 Å². The van der Waals surface area contributed by atoms with Crippen molar-refractivity contribution in [3.8, 4) is 0 Å². The number of rotatable bonds is 2. The number of ether oxygens (including phenoxy) is 1. The van der Waals surface area contributed by atoms with Gasteiger partial charge in [0.15, 0.2) is 0 Å². The third-order valence-corrected chi connectivity index (χ3v) is 4.67. The molecule has 3 N–H and O–H groups in total. The monoisotopic (exact) mass is 365 g/mol. The van der Waals surface area contributed by atoms with E-state index in [1.165, 1.54) is 6.33 Å². The second kappa shape index (κ2) is 6.80. The van der Waals surface area contributed by atoms with Gasteiger partial charge in [-0.25, -0.2) is 14.8 Å². The van der Waals surface area contributed by atoms with E-state index in [0.29, 0.717) is 10.8 Å². The molecule has 2 unspecified atom stereocenters. The van der Waals surface area contributed by atoms with Crippen LogP contribution in [-0.2, 0) is 4.74 Å². The molecular formula is C17H24ClN5O2. The Labute approximate surface area is 151 Å².